The zero-order chi connectivity index (χ0) is 21.7. The second-order valence-electron chi connectivity index (χ2n) is 5.71. The molecule has 0 spiro atoms. The number of carbonyl (C=O) groups is 3. The first kappa shape index (κ1) is 22.2. The molecule has 2 heterocycles. The van der Waals surface area contributed by atoms with Gasteiger partial charge in [-0.1, -0.05) is 46.0 Å². The Bertz CT molecular complexity index is 1070. The van der Waals surface area contributed by atoms with Crippen LogP contribution in [0.3, 0.4) is 0 Å². The van der Waals surface area contributed by atoms with Crippen molar-refractivity contribution in [3.8, 4) is 0 Å². The monoisotopic (exact) mass is 524 g/mol. The van der Waals surface area contributed by atoms with Crippen LogP contribution in [0.15, 0.2) is 51.2 Å². The molecule has 0 aliphatic carbocycles. The summed E-state index contributed by atoms with van der Waals surface area (Å²) >= 11 is 10.7. The minimum absolute atomic E-state index is 0.207. The van der Waals surface area contributed by atoms with E-state index in [9.17, 15) is 14.4 Å². The van der Waals surface area contributed by atoms with Gasteiger partial charge in [0.1, 0.15) is 10.9 Å². The van der Waals surface area contributed by atoms with Crippen LogP contribution in [0, 0.1) is 0 Å². The van der Waals surface area contributed by atoms with Crippen molar-refractivity contribution >= 4 is 90.4 Å². The van der Waals surface area contributed by atoms with Gasteiger partial charge in [0.25, 0.3) is 5.91 Å². The first-order chi connectivity index (χ1) is 14.3. The van der Waals surface area contributed by atoms with Crippen molar-refractivity contribution in [1.29, 1.82) is 0 Å². The van der Waals surface area contributed by atoms with Crippen LogP contribution in [-0.2, 0) is 9.59 Å². The predicted molar refractivity (Wildman–Crippen MR) is 126 cm³/mol. The summed E-state index contributed by atoms with van der Waals surface area (Å²) < 4.78 is 1.12. The molecule has 1 fully saturated rings. The van der Waals surface area contributed by atoms with Crippen molar-refractivity contribution in [3.63, 3.8) is 0 Å². The highest BCUT2D eigenvalue weighted by Gasteiger charge is 2.32. The third-order valence-corrected chi connectivity index (χ3v) is 6.23. The zero-order valence-electron chi connectivity index (χ0n) is 15.0. The summed E-state index contributed by atoms with van der Waals surface area (Å²) in [5, 5.41) is 16.4. The van der Waals surface area contributed by atoms with Gasteiger partial charge in [-0.3, -0.25) is 19.8 Å². The van der Waals surface area contributed by atoms with Crippen molar-refractivity contribution in [1.82, 2.24) is 9.88 Å². The summed E-state index contributed by atoms with van der Waals surface area (Å²) in [7, 11) is 0. The van der Waals surface area contributed by atoms with E-state index in [4.69, 9.17) is 17.3 Å². The number of carboxylic acids is 1. The molecular formula is C18H13BrN4O4S3. The Kier molecular flexibility index (Phi) is 7.37. The Morgan fingerprint density at radius 2 is 2.00 bits per heavy atom. The SMILES string of the molecule is O=C(O)CN1C(=O)/C(=C\C=C\c2csc(NC(=O)Nc3ccc(Br)cc3)n2)SC1=S. The fourth-order valence-corrected chi connectivity index (χ4v) is 4.38. The molecule has 3 rings (SSSR count). The maximum Gasteiger partial charge on any atom is 0.325 e. The maximum atomic E-state index is 12.2. The number of carboxylic acid groups (broad SMARTS) is 1. The fourth-order valence-electron chi connectivity index (χ4n) is 2.23. The molecule has 0 atom stereocenters. The Morgan fingerprint density at radius 3 is 2.70 bits per heavy atom. The molecular weight excluding hydrogens is 512 g/mol. The molecule has 1 aromatic carbocycles. The number of amides is 3. The van der Waals surface area contributed by atoms with E-state index >= 15 is 0 Å². The number of carbonyl (C=O) groups excluding carboxylic acids is 2. The highest BCUT2D eigenvalue weighted by Crippen LogP contribution is 2.30. The van der Waals surface area contributed by atoms with Gasteiger partial charge < -0.3 is 10.4 Å². The van der Waals surface area contributed by atoms with E-state index in [2.05, 4.69) is 31.5 Å². The van der Waals surface area contributed by atoms with Crippen molar-refractivity contribution in [2.75, 3.05) is 17.2 Å². The minimum Gasteiger partial charge on any atom is -0.480 e. The number of aliphatic carboxylic acids is 1. The molecule has 8 nitrogen and oxygen atoms in total. The number of thioether (sulfide) groups is 1. The van der Waals surface area contributed by atoms with Crippen LogP contribution in [-0.4, -0.2) is 43.8 Å². The third-order valence-electron chi connectivity index (χ3n) is 3.53. The number of urea groups is 1. The largest absolute Gasteiger partial charge is 0.480 e. The summed E-state index contributed by atoms with van der Waals surface area (Å²) in [5.41, 5.74) is 1.24. The van der Waals surface area contributed by atoms with Crippen LogP contribution in [0.5, 0.6) is 0 Å². The van der Waals surface area contributed by atoms with Crippen LogP contribution < -0.4 is 10.6 Å². The number of hydrogen-bond donors (Lipinski definition) is 3. The van der Waals surface area contributed by atoms with E-state index in [1.165, 1.54) is 11.3 Å². The molecule has 3 N–H and O–H groups in total. The molecule has 12 heteroatoms. The first-order valence-corrected chi connectivity index (χ1v) is 11.1. The van der Waals surface area contributed by atoms with Crippen LogP contribution in [0.4, 0.5) is 15.6 Å². The number of rotatable bonds is 6. The number of benzene rings is 1. The average Bonchev–Trinajstić information content (AvgIpc) is 3.23. The maximum absolute atomic E-state index is 12.2. The summed E-state index contributed by atoms with van der Waals surface area (Å²) in [6.45, 7) is -0.463. The van der Waals surface area contributed by atoms with Gasteiger partial charge in [-0.25, -0.2) is 9.78 Å². The number of nitrogens with one attached hydrogen (secondary N) is 2. The molecule has 1 aliphatic heterocycles. The van der Waals surface area contributed by atoms with Gasteiger partial charge >= 0.3 is 12.0 Å². The molecule has 30 heavy (non-hydrogen) atoms. The van der Waals surface area contributed by atoms with Gasteiger partial charge in [0.15, 0.2) is 5.13 Å². The summed E-state index contributed by atoms with van der Waals surface area (Å²) in [6, 6.07) is 6.75. The Morgan fingerprint density at radius 1 is 1.27 bits per heavy atom. The van der Waals surface area contributed by atoms with E-state index in [0.29, 0.717) is 21.4 Å². The lowest BCUT2D eigenvalue weighted by atomic mass is 10.3. The number of hydrogen-bond acceptors (Lipinski definition) is 7. The molecule has 0 bridgehead atoms. The molecule has 3 amide bonds. The molecule has 154 valence electrons. The number of thiocarbonyl (C=S) groups is 1. The second kappa shape index (κ2) is 9.98. The van der Waals surface area contributed by atoms with Crippen LogP contribution in [0.1, 0.15) is 5.69 Å². The Balaban J connectivity index is 1.56. The molecule has 0 unspecified atom stereocenters. The lowest BCUT2D eigenvalue weighted by Crippen LogP contribution is -2.33. The molecule has 0 radical (unpaired) electrons. The summed E-state index contributed by atoms with van der Waals surface area (Å²) in [5.74, 6) is -1.57. The number of aromatic nitrogens is 1. The number of anilines is 2. The topological polar surface area (TPSA) is 112 Å². The highest BCUT2D eigenvalue weighted by atomic mass is 79.9. The van der Waals surface area contributed by atoms with Crippen molar-refractivity contribution in [2.45, 2.75) is 0 Å². The lowest BCUT2D eigenvalue weighted by Gasteiger charge is -2.09. The number of halogens is 1. The van der Waals surface area contributed by atoms with E-state index in [1.807, 2.05) is 12.1 Å². The zero-order valence-corrected chi connectivity index (χ0v) is 19.0. The highest BCUT2D eigenvalue weighted by molar-refractivity contribution is 9.10. The van der Waals surface area contributed by atoms with E-state index in [1.54, 1.807) is 35.7 Å². The predicted octanol–water partition coefficient (Wildman–Crippen LogP) is 4.39. The lowest BCUT2D eigenvalue weighted by molar-refractivity contribution is -0.140. The average molecular weight is 525 g/mol. The summed E-state index contributed by atoms with van der Waals surface area (Å²) in [6.07, 6.45) is 4.83. The van der Waals surface area contributed by atoms with Crippen molar-refractivity contribution in [3.05, 3.63) is 56.9 Å². The van der Waals surface area contributed by atoms with E-state index in [-0.39, 0.29) is 4.32 Å². The van der Waals surface area contributed by atoms with Gasteiger partial charge in [0, 0.05) is 15.5 Å². The van der Waals surface area contributed by atoms with Gasteiger partial charge in [0.05, 0.1) is 10.6 Å². The second-order valence-corrected chi connectivity index (χ2v) is 9.16. The fraction of sp³-hybridized carbons (Fsp3) is 0.0556. The van der Waals surface area contributed by atoms with Gasteiger partial charge in [-0.15, -0.1) is 11.3 Å². The van der Waals surface area contributed by atoms with Crippen molar-refractivity contribution < 1.29 is 19.5 Å². The molecule has 1 saturated heterocycles. The quantitative estimate of drug-likeness (QED) is 0.379. The van der Waals surface area contributed by atoms with Gasteiger partial charge in [-0.2, -0.15) is 0 Å². The van der Waals surface area contributed by atoms with Crippen LogP contribution in [0.25, 0.3) is 6.08 Å². The van der Waals surface area contributed by atoms with Gasteiger partial charge in [0.2, 0.25) is 0 Å². The Labute approximate surface area is 193 Å². The molecule has 0 saturated carbocycles. The smallest absolute Gasteiger partial charge is 0.325 e. The summed E-state index contributed by atoms with van der Waals surface area (Å²) in [4.78, 5) is 40.7. The number of nitrogens with zero attached hydrogens (tertiary/aromatic N) is 2. The molecule has 2 aromatic rings. The first-order valence-electron chi connectivity index (χ1n) is 8.25. The minimum atomic E-state index is -1.13. The van der Waals surface area contributed by atoms with Crippen LogP contribution in [0.2, 0.25) is 0 Å². The van der Waals surface area contributed by atoms with E-state index < -0.39 is 24.5 Å². The third kappa shape index (κ3) is 5.98. The molecule has 1 aliphatic rings. The van der Waals surface area contributed by atoms with Crippen molar-refractivity contribution in [2.24, 2.45) is 0 Å². The Hall–Kier alpha value is -2.54. The van der Waals surface area contributed by atoms with E-state index in [0.717, 1.165) is 21.1 Å². The number of allylic oxidation sites excluding steroid dienone is 2. The molecule has 1 aromatic heterocycles. The van der Waals surface area contributed by atoms with Crippen LogP contribution >= 0.6 is 51.2 Å². The van der Waals surface area contributed by atoms with Gasteiger partial charge in [-0.05, 0) is 36.4 Å². The standard InChI is InChI=1S/C18H13BrN4O4S3/c19-10-4-6-11(7-5-10)20-16(27)22-17-21-12(9-29-17)2-1-3-13-15(26)23(8-14(24)25)18(28)30-13/h1-7,9H,8H2,(H,24,25)(H2,20,21,22,27)/b2-1+,13-3+. The number of thiazole rings is 1. The normalized spacial score (nSPS) is 15.2.